The van der Waals surface area contributed by atoms with E-state index >= 15 is 0 Å². The number of benzene rings is 2. The molecule has 0 unspecified atom stereocenters. The van der Waals surface area contributed by atoms with E-state index in [9.17, 15) is 16.8 Å². The van der Waals surface area contributed by atoms with Crippen LogP contribution in [0.2, 0.25) is 0 Å². The summed E-state index contributed by atoms with van der Waals surface area (Å²) in [6.45, 7) is 0. The van der Waals surface area contributed by atoms with E-state index in [1.165, 1.54) is 18.2 Å². The molecule has 0 radical (unpaired) electrons. The molecule has 0 aliphatic heterocycles. The second-order valence-corrected chi connectivity index (χ2v) is 7.95. The lowest BCUT2D eigenvalue weighted by Gasteiger charge is -2.01. The fourth-order valence-corrected chi connectivity index (χ4v) is 2.75. The Labute approximate surface area is 149 Å². The van der Waals surface area contributed by atoms with Crippen LogP contribution < -0.4 is 0 Å². The summed E-state index contributed by atoms with van der Waals surface area (Å²) in [5.41, 5.74) is 0.526. The predicted octanol–water partition coefficient (Wildman–Crippen LogP) is 0.873. The molecule has 26 heavy (non-hydrogen) atoms. The molecule has 0 saturated carbocycles. The Morgan fingerprint density at radius 3 is 1.81 bits per heavy atom. The van der Waals surface area contributed by atoms with Crippen molar-refractivity contribution < 1.29 is 46.4 Å². The minimum Gasteiger partial charge on any atom is -0.508 e. The molecule has 0 saturated heterocycles. The zero-order chi connectivity index (χ0) is 20.1. The molecule has 6 N–H and O–H groups in total. The predicted molar refractivity (Wildman–Crippen MR) is 89.5 cm³/mol. The molecule has 0 bridgehead atoms. The number of aryl methyl sites for hydroxylation is 1. The maximum Gasteiger partial charge on any atom is 0.298 e. The van der Waals surface area contributed by atoms with E-state index < -0.39 is 36.6 Å². The number of aromatic hydroxyl groups is 4. The first-order valence-corrected chi connectivity index (χ1v) is 9.80. The van der Waals surface area contributed by atoms with Gasteiger partial charge in [-0.15, -0.1) is 0 Å². The topological polar surface area (TPSA) is 190 Å². The highest BCUT2D eigenvalue weighted by Crippen LogP contribution is 2.26. The smallest absolute Gasteiger partial charge is 0.298 e. The third kappa shape index (κ3) is 7.14. The molecule has 0 heterocycles. The van der Waals surface area contributed by atoms with E-state index in [0.29, 0.717) is 5.56 Å². The Morgan fingerprint density at radius 1 is 0.731 bits per heavy atom. The monoisotopic (exact) mass is 408 g/mol. The van der Waals surface area contributed by atoms with Crippen LogP contribution in [0.1, 0.15) is 5.56 Å². The van der Waals surface area contributed by atoms with Crippen LogP contribution in [0.3, 0.4) is 0 Å². The number of hydrogen-bond donors (Lipinski definition) is 6. The first-order valence-electron chi connectivity index (χ1n) is 6.75. The summed E-state index contributed by atoms with van der Waals surface area (Å²) >= 11 is 0. The summed E-state index contributed by atoms with van der Waals surface area (Å²) in [6, 6.07) is 6.75. The van der Waals surface area contributed by atoms with Crippen molar-refractivity contribution in [1.82, 2.24) is 0 Å². The van der Waals surface area contributed by atoms with Gasteiger partial charge in [0.05, 0.1) is 5.75 Å². The van der Waals surface area contributed by atoms with Gasteiger partial charge >= 0.3 is 0 Å². The lowest BCUT2D eigenvalue weighted by Crippen LogP contribution is -2.06. The van der Waals surface area contributed by atoms with Gasteiger partial charge in [0, 0.05) is 6.07 Å². The lowest BCUT2D eigenvalue weighted by molar-refractivity contribution is 0.403. The zero-order valence-electron chi connectivity index (χ0n) is 13.0. The van der Waals surface area contributed by atoms with Crippen LogP contribution in [0.5, 0.6) is 23.0 Å². The van der Waals surface area contributed by atoms with E-state index in [2.05, 4.69) is 0 Å². The largest absolute Gasteiger partial charge is 0.508 e. The molecule has 0 fully saturated rings. The van der Waals surface area contributed by atoms with Crippen molar-refractivity contribution in [2.24, 2.45) is 0 Å². The number of rotatable bonds is 4. The van der Waals surface area contributed by atoms with Gasteiger partial charge in [-0.1, -0.05) is 6.07 Å². The second-order valence-electron chi connectivity index (χ2n) is 4.99. The molecule has 10 nitrogen and oxygen atoms in total. The summed E-state index contributed by atoms with van der Waals surface area (Å²) in [6.07, 6.45) is 0.0900. The first kappa shape index (κ1) is 21.5. The van der Waals surface area contributed by atoms with Gasteiger partial charge in [0.15, 0.2) is 11.5 Å². The Morgan fingerprint density at radius 2 is 1.35 bits per heavy atom. The van der Waals surface area contributed by atoms with E-state index in [1.807, 2.05) is 0 Å². The Bertz CT molecular complexity index is 981. The van der Waals surface area contributed by atoms with Crippen molar-refractivity contribution >= 4 is 20.2 Å². The van der Waals surface area contributed by atoms with Crippen molar-refractivity contribution in [2.75, 3.05) is 5.75 Å². The van der Waals surface area contributed by atoms with Crippen LogP contribution >= 0.6 is 0 Å². The molecule has 2 aromatic rings. The molecule has 144 valence electrons. The fourth-order valence-electron chi connectivity index (χ4n) is 1.70. The SMILES string of the molecule is O=S(=O)(O)CCc1ccc(O)c(O)c1.O=S(=O)(O)c1ccc(O)cc1O. The van der Waals surface area contributed by atoms with Crippen LogP contribution in [-0.4, -0.2) is 52.1 Å². The Balaban J connectivity index is 0.000000263. The summed E-state index contributed by atoms with van der Waals surface area (Å²) in [4.78, 5) is -0.625. The zero-order valence-corrected chi connectivity index (χ0v) is 14.6. The number of phenols is 4. The van der Waals surface area contributed by atoms with Gasteiger partial charge in [-0.05, 0) is 36.2 Å². The molecular weight excluding hydrogens is 392 g/mol. The molecule has 0 aliphatic rings. The molecular formula is C14H16O10S2. The minimum atomic E-state index is -4.41. The molecule has 12 heteroatoms. The summed E-state index contributed by atoms with van der Waals surface area (Å²) in [5, 5.41) is 35.7. The number of phenolic OH excluding ortho intramolecular Hbond substituents is 4. The van der Waals surface area contributed by atoms with Crippen LogP contribution in [0.4, 0.5) is 0 Å². The van der Waals surface area contributed by atoms with Gasteiger partial charge in [0.1, 0.15) is 16.4 Å². The van der Waals surface area contributed by atoms with Gasteiger partial charge in [0.25, 0.3) is 20.2 Å². The standard InChI is InChI=1S/C8H10O5S.C6H6O5S/c9-7-2-1-6(5-8(7)10)3-4-14(11,12)13;7-4-1-2-6(5(8)3-4)12(9,10)11/h1-2,5,9-10H,3-4H2,(H,11,12,13);1-3,7-8H,(H,9,10,11). The van der Waals surface area contributed by atoms with Crippen molar-refractivity contribution in [1.29, 1.82) is 0 Å². The van der Waals surface area contributed by atoms with Crippen molar-refractivity contribution in [3.8, 4) is 23.0 Å². The first-order chi connectivity index (χ1) is 11.8. The van der Waals surface area contributed by atoms with E-state index in [-0.39, 0.29) is 23.7 Å². The van der Waals surface area contributed by atoms with E-state index in [0.717, 1.165) is 18.2 Å². The van der Waals surface area contributed by atoms with Crippen molar-refractivity contribution in [3.63, 3.8) is 0 Å². The van der Waals surface area contributed by atoms with Gasteiger partial charge < -0.3 is 20.4 Å². The molecule has 0 aromatic heterocycles. The van der Waals surface area contributed by atoms with Crippen molar-refractivity contribution in [3.05, 3.63) is 42.0 Å². The molecule has 0 aliphatic carbocycles. The fraction of sp³-hybridized carbons (Fsp3) is 0.143. The van der Waals surface area contributed by atoms with Crippen LogP contribution in [-0.2, 0) is 26.7 Å². The van der Waals surface area contributed by atoms with Crippen molar-refractivity contribution in [2.45, 2.75) is 11.3 Å². The minimum absolute atomic E-state index is 0.0900. The molecule has 2 rings (SSSR count). The van der Waals surface area contributed by atoms with Gasteiger partial charge in [-0.3, -0.25) is 9.11 Å². The third-order valence-electron chi connectivity index (χ3n) is 2.91. The molecule has 0 amide bonds. The van der Waals surface area contributed by atoms with E-state index in [1.54, 1.807) is 0 Å². The highest BCUT2D eigenvalue weighted by molar-refractivity contribution is 7.86. The van der Waals surface area contributed by atoms with Gasteiger partial charge in [-0.2, -0.15) is 16.8 Å². The highest BCUT2D eigenvalue weighted by atomic mass is 32.2. The third-order valence-corrected chi connectivity index (χ3v) is 4.53. The van der Waals surface area contributed by atoms with Crippen LogP contribution in [0, 0.1) is 0 Å². The van der Waals surface area contributed by atoms with Crippen LogP contribution in [0.25, 0.3) is 0 Å². The average Bonchev–Trinajstić information content (AvgIpc) is 2.47. The summed E-state index contributed by atoms with van der Waals surface area (Å²) in [5.74, 6) is -1.94. The maximum absolute atomic E-state index is 10.5. The maximum atomic E-state index is 10.5. The second kappa shape index (κ2) is 8.23. The molecule has 0 spiro atoms. The molecule has 0 atom stereocenters. The van der Waals surface area contributed by atoms with Crippen LogP contribution in [0.15, 0.2) is 41.3 Å². The van der Waals surface area contributed by atoms with Gasteiger partial charge in [0.2, 0.25) is 0 Å². The summed E-state index contributed by atoms with van der Waals surface area (Å²) in [7, 11) is -8.40. The normalized spacial score (nSPS) is 11.5. The lowest BCUT2D eigenvalue weighted by atomic mass is 10.1. The highest BCUT2D eigenvalue weighted by Gasteiger charge is 2.14. The number of hydrogen-bond acceptors (Lipinski definition) is 8. The summed E-state index contributed by atoms with van der Waals surface area (Å²) < 4.78 is 58.7. The van der Waals surface area contributed by atoms with E-state index in [4.69, 9.17) is 29.5 Å². The quantitative estimate of drug-likeness (QED) is 0.313. The Hall–Kier alpha value is -2.54. The average molecular weight is 408 g/mol. The molecule has 2 aromatic carbocycles. The van der Waals surface area contributed by atoms with Gasteiger partial charge in [-0.25, -0.2) is 0 Å². The Kier molecular flexibility index (Phi) is 6.80.